The number of aromatic nitrogens is 2. The van der Waals surface area contributed by atoms with Gasteiger partial charge in [-0.15, -0.1) is 0 Å². The SMILES string of the molecule is CC1(C)c2ccccc2-c2ccc(-c3ccc4ccc5ccc(-c6ccc7c(c6)C(C)(C)c6ccccc6-7)nc5c4n3)cc21.CC1(C)c2ccccc2-c2ccc(N(c3ccccc3)c3ccc(-c4ccc(N(c5ccccc5)c5ccc6c(c5)C(C)(C)c5ccccc5-6)cc4)cc3)cc21.c1cc2ccc3ccc(-c4ccc5cc(-c6ccc7ccc8cccc9ccc6c7c89)ccc5c4)c4ccc(c1)c2c34. The lowest BCUT2D eigenvalue weighted by Crippen LogP contribution is -2.16. The van der Waals surface area contributed by atoms with Gasteiger partial charge in [0.2, 0.25) is 0 Å². The van der Waals surface area contributed by atoms with Crippen LogP contribution < -0.4 is 9.80 Å². The first-order valence-corrected chi connectivity index (χ1v) is 49.9. The van der Waals surface area contributed by atoms with E-state index in [0.29, 0.717) is 0 Å². The van der Waals surface area contributed by atoms with Crippen molar-refractivity contribution in [1.29, 1.82) is 0 Å². The lowest BCUT2D eigenvalue weighted by Gasteiger charge is -2.28. The van der Waals surface area contributed by atoms with E-state index in [1.165, 1.54) is 198 Å². The minimum Gasteiger partial charge on any atom is -0.310 e. The van der Waals surface area contributed by atoms with Gasteiger partial charge in [0.05, 0.1) is 22.4 Å². The average molecular weight is 1810 g/mol. The monoisotopic (exact) mass is 1810 g/mol. The van der Waals surface area contributed by atoms with Gasteiger partial charge in [0.15, 0.2) is 0 Å². The smallest absolute Gasteiger partial charge is 0.0972 e. The Hall–Kier alpha value is -17.2. The molecule has 0 radical (unpaired) electrons. The molecular weight excluding hydrogens is 1710 g/mol. The largest absolute Gasteiger partial charge is 0.310 e. The van der Waals surface area contributed by atoms with Crippen molar-refractivity contribution < 1.29 is 0 Å². The summed E-state index contributed by atoms with van der Waals surface area (Å²) >= 11 is 0. The molecular formula is C138H100N4. The molecule has 0 amide bonds. The molecule has 0 fully saturated rings. The molecule has 142 heavy (non-hydrogen) atoms. The van der Waals surface area contributed by atoms with Gasteiger partial charge in [0, 0.05) is 77.7 Å². The van der Waals surface area contributed by atoms with Crippen LogP contribution in [0.4, 0.5) is 34.1 Å². The second-order valence-electron chi connectivity index (χ2n) is 41.4. The number of nitrogens with zero attached hydrogens (tertiary/aromatic N) is 4. The fraction of sp³-hybridized carbons (Fsp3) is 0.0870. The molecule has 0 saturated heterocycles. The molecule has 672 valence electrons. The first-order chi connectivity index (χ1) is 69.4. The summed E-state index contributed by atoms with van der Waals surface area (Å²) in [6.45, 7) is 18.7. The Morgan fingerprint density at radius 1 is 0.155 bits per heavy atom. The zero-order valence-electron chi connectivity index (χ0n) is 80.7. The van der Waals surface area contributed by atoms with Crippen molar-refractivity contribution in [3.05, 3.63) is 506 Å². The Bertz CT molecular complexity index is 8890. The van der Waals surface area contributed by atoms with Crippen LogP contribution in [0.5, 0.6) is 0 Å². The fourth-order valence-electron chi connectivity index (χ4n) is 24.7. The molecule has 0 saturated carbocycles. The lowest BCUT2D eigenvalue weighted by molar-refractivity contribution is 0.660. The number of fused-ring (bicyclic) bond motifs is 16. The quantitative estimate of drug-likeness (QED) is 0.121. The number of hydrogen-bond acceptors (Lipinski definition) is 4. The molecule has 4 nitrogen and oxygen atoms in total. The highest BCUT2D eigenvalue weighted by Crippen LogP contribution is 2.57. The van der Waals surface area contributed by atoms with E-state index < -0.39 is 0 Å². The minimum atomic E-state index is -0.0700. The molecule has 4 heteroatoms. The van der Waals surface area contributed by atoms with Crippen LogP contribution in [0.2, 0.25) is 0 Å². The predicted molar refractivity (Wildman–Crippen MR) is 602 cm³/mol. The van der Waals surface area contributed by atoms with Gasteiger partial charge in [-0.1, -0.05) is 407 Å². The van der Waals surface area contributed by atoms with Gasteiger partial charge in [-0.3, -0.25) is 0 Å². The molecule has 0 N–H and O–H groups in total. The zero-order chi connectivity index (χ0) is 95.2. The van der Waals surface area contributed by atoms with Crippen LogP contribution in [-0.4, -0.2) is 9.97 Å². The van der Waals surface area contributed by atoms with Gasteiger partial charge >= 0.3 is 0 Å². The van der Waals surface area contributed by atoms with Crippen LogP contribution in [0, 0.1) is 0 Å². The number of pyridine rings is 2. The molecule has 4 aliphatic carbocycles. The molecule has 25 aromatic rings. The van der Waals surface area contributed by atoms with E-state index in [4.69, 9.17) is 9.97 Å². The van der Waals surface area contributed by atoms with Crippen LogP contribution >= 0.6 is 0 Å². The summed E-state index contributed by atoms with van der Waals surface area (Å²) in [5.41, 5.74) is 41.9. The van der Waals surface area contributed by atoms with Crippen molar-refractivity contribution in [3.8, 4) is 100 Å². The number of hydrogen-bond donors (Lipinski definition) is 0. The van der Waals surface area contributed by atoms with E-state index in [0.717, 1.165) is 78.4 Å². The van der Waals surface area contributed by atoms with Gasteiger partial charge in [0.1, 0.15) is 0 Å². The van der Waals surface area contributed by atoms with E-state index in [2.05, 4.69) is 526 Å². The molecule has 23 aromatic carbocycles. The summed E-state index contributed by atoms with van der Waals surface area (Å²) in [5, 5.41) is 20.7. The Balaban J connectivity index is 0.000000108. The van der Waals surface area contributed by atoms with Crippen molar-refractivity contribution in [2.24, 2.45) is 0 Å². The number of benzene rings is 23. The van der Waals surface area contributed by atoms with Crippen LogP contribution in [0.3, 0.4) is 0 Å². The van der Waals surface area contributed by atoms with Gasteiger partial charge in [-0.25, -0.2) is 9.97 Å². The highest BCUT2D eigenvalue weighted by atomic mass is 15.1. The van der Waals surface area contributed by atoms with Gasteiger partial charge in [-0.05, 0) is 307 Å². The van der Waals surface area contributed by atoms with Gasteiger partial charge in [-0.2, -0.15) is 0 Å². The van der Waals surface area contributed by atoms with Crippen LogP contribution in [0.25, 0.3) is 198 Å². The van der Waals surface area contributed by atoms with E-state index in [-0.39, 0.29) is 21.7 Å². The Morgan fingerprint density at radius 3 is 0.775 bits per heavy atom. The number of anilines is 6. The first-order valence-electron chi connectivity index (χ1n) is 49.9. The maximum absolute atomic E-state index is 5.28. The second-order valence-corrected chi connectivity index (χ2v) is 41.4. The van der Waals surface area contributed by atoms with Crippen molar-refractivity contribution in [2.75, 3.05) is 9.80 Å². The lowest BCUT2D eigenvalue weighted by atomic mass is 9.82. The topological polar surface area (TPSA) is 32.3 Å². The summed E-state index contributed by atoms with van der Waals surface area (Å²) < 4.78 is 0. The minimum absolute atomic E-state index is 0.0479. The van der Waals surface area contributed by atoms with E-state index in [1.54, 1.807) is 0 Å². The predicted octanol–water partition coefficient (Wildman–Crippen LogP) is 37.6. The first kappa shape index (κ1) is 84.1. The highest BCUT2D eigenvalue weighted by Gasteiger charge is 2.40. The molecule has 29 rings (SSSR count). The van der Waals surface area contributed by atoms with E-state index in [1.807, 2.05) is 0 Å². The van der Waals surface area contributed by atoms with Crippen molar-refractivity contribution in [1.82, 2.24) is 9.97 Å². The third-order valence-electron chi connectivity index (χ3n) is 32.1. The molecule has 0 aliphatic heterocycles. The highest BCUT2D eigenvalue weighted by molar-refractivity contribution is 6.27. The van der Waals surface area contributed by atoms with Crippen LogP contribution in [-0.2, 0) is 21.7 Å². The Morgan fingerprint density at radius 2 is 0.408 bits per heavy atom. The van der Waals surface area contributed by atoms with E-state index in [9.17, 15) is 0 Å². The van der Waals surface area contributed by atoms with Crippen molar-refractivity contribution in [3.63, 3.8) is 0 Å². The maximum atomic E-state index is 5.28. The van der Waals surface area contributed by atoms with Gasteiger partial charge in [0.25, 0.3) is 0 Å². The Kier molecular flexibility index (Phi) is 19.1. The summed E-state index contributed by atoms with van der Waals surface area (Å²) in [6.07, 6.45) is 0. The third-order valence-corrected chi connectivity index (χ3v) is 32.1. The molecule has 0 atom stereocenters. The average Bonchev–Trinajstić information content (AvgIpc) is 1.58. The number of para-hydroxylation sites is 2. The standard InChI is InChI=1S/C54H44N2.C42H32N2.C42H24/c1-53(2)49-21-13-11-19-45(49)47-33-31-43(35-51(47)53)55(39-15-7-5-8-16-39)41-27-23-37(24-28-41)38-25-29-42(30-26-38)56(40-17-9-6-10-18-40)44-32-34-48-46-20-12-14-22-50(46)54(3,4)52(48)36-44;1-41(2)33-11-7-5-9-29(33)31-19-15-27(23-35(31)41)37-21-17-25-13-14-26-18-22-38(44-40(26)39(25)43-37)28-16-20-32-30-10-6-8-12-34(30)42(3,4)36(32)24-28;1-3-25-7-9-29-15-19-35(37-21-17-27(5-1)39(25)41(29)37)33-13-11-32-24-34(14-12-31(32)23-33)36-20-16-30-10-8-26-4-2-6-28-18-22-38(36)42(30)40(26)28/h5-36H,1-4H3;5-24H,1-4H3;1-24H. The summed E-state index contributed by atoms with van der Waals surface area (Å²) in [7, 11) is 0. The molecule has 0 unspecified atom stereocenters. The van der Waals surface area contributed by atoms with Gasteiger partial charge < -0.3 is 9.80 Å². The summed E-state index contributed by atoms with van der Waals surface area (Å²) in [6, 6.07) is 170. The summed E-state index contributed by atoms with van der Waals surface area (Å²) in [5.74, 6) is 0. The molecule has 4 aliphatic rings. The molecule has 0 spiro atoms. The summed E-state index contributed by atoms with van der Waals surface area (Å²) in [4.78, 5) is 15.3. The fourth-order valence-corrected chi connectivity index (χ4v) is 24.7. The van der Waals surface area contributed by atoms with Crippen molar-refractivity contribution >= 4 is 131 Å². The molecule has 0 bridgehead atoms. The number of rotatable bonds is 11. The Labute approximate surface area is 828 Å². The molecule has 2 aromatic heterocycles. The third kappa shape index (κ3) is 13.3. The molecule has 2 heterocycles. The normalized spacial score (nSPS) is 13.9. The zero-order valence-corrected chi connectivity index (χ0v) is 80.7. The van der Waals surface area contributed by atoms with E-state index >= 15 is 0 Å². The second kappa shape index (κ2) is 32.2. The maximum Gasteiger partial charge on any atom is 0.0972 e. The van der Waals surface area contributed by atoms with Crippen molar-refractivity contribution in [2.45, 2.75) is 77.0 Å². The van der Waals surface area contributed by atoms with Crippen LogP contribution in [0.15, 0.2) is 461 Å². The van der Waals surface area contributed by atoms with Crippen LogP contribution in [0.1, 0.15) is 99.9 Å².